The van der Waals surface area contributed by atoms with E-state index in [1.54, 1.807) is 13.8 Å². The number of rotatable bonds is 4. The minimum absolute atomic E-state index is 0.355. The maximum Gasteiger partial charge on any atom is 0.330 e. The average molecular weight is 266 g/mol. The Balaban J connectivity index is 2.45. The molecule has 4 nitrogen and oxygen atoms in total. The summed E-state index contributed by atoms with van der Waals surface area (Å²) in [4.78, 5) is 11.5. The van der Waals surface area contributed by atoms with Crippen LogP contribution in [-0.4, -0.2) is 23.7 Å². The normalized spacial score (nSPS) is 10.6. The van der Waals surface area contributed by atoms with Crippen LogP contribution in [0.4, 0.5) is 0 Å². The van der Waals surface area contributed by atoms with Crippen molar-refractivity contribution in [1.29, 1.82) is 0 Å². The quantitative estimate of drug-likeness (QED) is 0.640. The minimum atomic E-state index is -0.838. The maximum absolute atomic E-state index is 11.5. The van der Waals surface area contributed by atoms with Gasteiger partial charge in [-0.2, -0.15) is 0 Å². The van der Waals surface area contributed by atoms with Crippen molar-refractivity contribution in [3.63, 3.8) is 0 Å². The highest BCUT2D eigenvalue weighted by molar-refractivity contribution is 7.80. The van der Waals surface area contributed by atoms with Gasteiger partial charge in [0, 0.05) is 6.54 Å². The van der Waals surface area contributed by atoms with Gasteiger partial charge in [-0.3, -0.25) is 0 Å². The summed E-state index contributed by atoms with van der Waals surface area (Å²) in [5.74, 6) is -0.355. The number of benzene rings is 1. The first-order valence-electron chi connectivity index (χ1n) is 5.64. The summed E-state index contributed by atoms with van der Waals surface area (Å²) in [5, 5.41) is 6.39. The molecule has 0 saturated carbocycles. The number of hydrogen-bond acceptors (Lipinski definition) is 3. The van der Waals surface area contributed by atoms with Crippen molar-refractivity contribution in [3.05, 3.63) is 35.9 Å². The second-order valence-electron chi connectivity index (χ2n) is 4.41. The van der Waals surface area contributed by atoms with Gasteiger partial charge >= 0.3 is 5.97 Å². The van der Waals surface area contributed by atoms with Gasteiger partial charge in [-0.25, -0.2) is 4.79 Å². The third-order valence-corrected chi connectivity index (χ3v) is 2.66. The molecule has 0 radical (unpaired) electrons. The van der Waals surface area contributed by atoms with Crippen LogP contribution < -0.4 is 10.6 Å². The Labute approximate surface area is 113 Å². The number of esters is 1. The number of nitrogens with one attached hydrogen (secondary N) is 2. The van der Waals surface area contributed by atoms with Gasteiger partial charge in [-0.05, 0) is 31.6 Å². The fraction of sp³-hybridized carbons (Fsp3) is 0.385. The first-order valence-corrected chi connectivity index (χ1v) is 6.05. The van der Waals surface area contributed by atoms with E-state index in [2.05, 4.69) is 15.4 Å². The maximum atomic E-state index is 11.5. The molecule has 0 amide bonds. The van der Waals surface area contributed by atoms with E-state index in [0.717, 1.165) is 5.56 Å². The number of carbonyl (C=O) groups is 1. The van der Waals surface area contributed by atoms with E-state index >= 15 is 0 Å². The number of ether oxygens (including phenoxy) is 1. The monoisotopic (exact) mass is 266 g/mol. The molecule has 0 saturated heterocycles. The first-order chi connectivity index (χ1) is 8.45. The van der Waals surface area contributed by atoms with Crippen LogP contribution >= 0.6 is 12.2 Å². The van der Waals surface area contributed by atoms with Gasteiger partial charge in [0.15, 0.2) is 5.11 Å². The minimum Gasteiger partial charge on any atom is -0.467 e. The molecule has 1 aromatic carbocycles. The van der Waals surface area contributed by atoms with Crippen LogP contribution in [0.5, 0.6) is 0 Å². The Hall–Kier alpha value is -1.62. The van der Waals surface area contributed by atoms with Crippen LogP contribution in [0.25, 0.3) is 0 Å². The van der Waals surface area contributed by atoms with Crippen molar-refractivity contribution in [2.45, 2.75) is 25.9 Å². The molecule has 0 unspecified atom stereocenters. The zero-order valence-corrected chi connectivity index (χ0v) is 11.6. The lowest BCUT2D eigenvalue weighted by atomic mass is 10.1. The average Bonchev–Trinajstić information content (AvgIpc) is 2.36. The number of methoxy groups -OCH3 is 1. The highest BCUT2D eigenvalue weighted by atomic mass is 32.1. The fourth-order valence-corrected chi connectivity index (χ4v) is 1.74. The summed E-state index contributed by atoms with van der Waals surface area (Å²) >= 11 is 5.14. The van der Waals surface area contributed by atoms with Gasteiger partial charge in [-0.1, -0.05) is 30.3 Å². The van der Waals surface area contributed by atoms with E-state index in [9.17, 15) is 4.79 Å². The van der Waals surface area contributed by atoms with E-state index < -0.39 is 5.54 Å². The topological polar surface area (TPSA) is 50.4 Å². The zero-order chi connectivity index (χ0) is 13.6. The largest absolute Gasteiger partial charge is 0.467 e. The van der Waals surface area contributed by atoms with Gasteiger partial charge in [0.1, 0.15) is 5.54 Å². The molecule has 0 aliphatic carbocycles. The Bertz CT molecular complexity index is 418. The van der Waals surface area contributed by atoms with Gasteiger partial charge in [0.25, 0.3) is 0 Å². The lowest BCUT2D eigenvalue weighted by Gasteiger charge is -2.25. The summed E-state index contributed by atoms with van der Waals surface area (Å²) in [5.41, 5.74) is 0.285. The number of hydrogen-bond donors (Lipinski definition) is 2. The van der Waals surface area contributed by atoms with Crippen molar-refractivity contribution < 1.29 is 9.53 Å². The predicted octanol–water partition coefficient (Wildman–Crippen LogP) is 1.60. The fourth-order valence-electron chi connectivity index (χ4n) is 1.41. The van der Waals surface area contributed by atoms with Gasteiger partial charge in [-0.15, -0.1) is 0 Å². The first kappa shape index (κ1) is 14.4. The molecular formula is C13H18N2O2S. The number of carbonyl (C=O) groups excluding carboxylic acids is 1. The molecule has 0 heterocycles. The van der Waals surface area contributed by atoms with Crippen LogP contribution in [0.1, 0.15) is 19.4 Å². The SMILES string of the molecule is COC(=O)C(C)(C)NC(=S)NCc1ccccc1. The Morgan fingerprint density at radius 3 is 2.50 bits per heavy atom. The van der Waals surface area contributed by atoms with Crippen LogP contribution in [-0.2, 0) is 16.1 Å². The molecule has 1 rings (SSSR count). The van der Waals surface area contributed by atoms with E-state index in [4.69, 9.17) is 12.2 Å². The standard InChI is InChI=1S/C13H18N2O2S/c1-13(2,11(16)17-3)15-12(18)14-9-10-7-5-4-6-8-10/h4-8H,9H2,1-3H3,(H2,14,15,18). The van der Waals surface area contributed by atoms with Crippen molar-refractivity contribution in [1.82, 2.24) is 10.6 Å². The highest BCUT2D eigenvalue weighted by Crippen LogP contribution is 2.04. The molecule has 0 atom stereocenters. The van der Waals surface area contributed by atoms with Crippen LogP contribution in [0.15, 0.2) is 30.3 Å². The van der Waals surface area contributed by atoms with Crippen molar-refractivity contribution >= 4 is 23.3 Å². The van der Waals surface area contributed by atoms with Crippen molar-refractivity contribution in [2.75, 3.05) is 7.11 Å². The van der Waals surface area contributed by atoms with Crippen molar-refractivity contribution in [2.24, 2.45) is 0 Å². The molecule has 0 fully saturated rings. The molecule has 1 aromatic rings. The van der Waals surface area contributed by atoms with Gasteiger partial charge in [0.2, 0.25) is 0 Å². The van der Waals surface area contributed by atoms with Crippen LogP contribution in [0.3, 0.4) is 0 Å². The Kier molecular flexibility index (Phi) is 5.09. The molecule has 0 aliphatic heterocycles. The van der Waals surface area contributed by atoms with E-state index in [-0.39, 0.29) is 5.97 Å². The molecule has 98 valence electrons. The molecule has 2 N–H and O–H groups in total. The van der Waals surface area contributed by atoms with Crippen LogP contribution in [0, 0.1) is 0 Å². The highest BCUT2D eigenvalue weighted by Gasteiger charge is 2.29. The Morgan fingerprint density at radius 1 is 1.33 bits per heavy atom. The molecule has 0 bridgehead atoms. The summed E-state index contributed by atoms with van der Waals surface area (Å²) < 4.78 is 4.69. The van der Waals surface area contributed by atoms with E-state index in [1.807, 2.05) is 30.3 Å². The molecule has 0 spiro atoms. The summed E-state index contributed by atoms with van der Waals surface area (Å²) in [7, 11) is 1.35. The van der Waals surface area contributed by atoms with Crippen LogP contribution in [0.2, 0.25) is 0 Å². The van der Waals surface area contributed by atoms with Gasteiger partial charge < -0.3 is 15.4 Å². The molecule has 0 aromatic heterocycles. The Morgan fingerprint density at radius 2 is 1.94 bits per heavy atom. The lowest BCUT2D eigenvalue weighted by molar-refractivity contribution is -0.146. The molecule has 18 heavy (non-hydrogen) atoms. The number of thiocarbonyl (C=S) groups is 1. The molecule has 5 heteroatoms. The summed E-state index contributed by atoms with van der Waals surface area (Å²) in [6.07, 6.45) is 0. The predicted molar refractivity (Wildman–Crippen MR) is 75.1 cm³/mol. The summed E-state index contributed by atoms with van der Waals surface area (Å²) in [6, 6.07) is 9.89. The van der Waals surface area contributed by atoms with E-state index in [1.165, 1.54) is 7.11 Å². The second-order valence-corrected chi connectivity index (χ2v) is 4.82. The smallest absolute Gasteiger partial charge is 0.330 e. The van der Waals surface area contributed by atoms with E-state index in [0.29, 0.717) is 11.7 Å². The zero-order valence-electron chi connectivity index (χ0n) is 10.8. The summed E-state index contributed by atoms with van der Waals surface area (Å²) in [6.45, 7) is 4.05. The van der Waals surface area contributed by atoms with Crippen molar-refractivity contribution in [3.8, 4) is 0 Å². The third kappa shape index (κ3) is 4.33. The third-order valence-electron chi connectivity index (χ3n) is 2.42. The second kappa shape index (κ2) is 6.35. The lowest BCUT2D eigenvalue weighted by Crippen LogP contribution is -2.53. The van der Waals surface area contributed by atoms with Gasteiger partial charge in [0.05, 0.1) is 7.11 Å². The molecular weight excluding hydrogens is 248 g/mol. The molecule has 0 aliphatic rings.